The first-order chi connectivity index (χ1) is 14.4. The number of sulfone groups is 1. The fraction of sp³-hybridized carbons (Fsp3) is 0.375. The lowest BCUT2D eigenvalue weighted by atomic mass is 10.0. The van der Waals surface area contributed by atoms with Crippen LogP contribution < -0.4 is 4.74 Å². The van der Waals surface area contributed by atoms with Crippen molar-refractivity contribution in [3.63, 3.8) is 0 Å². The Labute approximate surface area is 189 Å². The van der Waals surface area contributed by atoms with Gasteiger partial charge in [-0.05, 0) is 63.1 Å². The second-order valence-corrected chi connectivity index (χ2v) is 10.6. The number of rotatable bonds is 6. The Morgan fingerprint density at radius 3 is 2.35 bits per heavy atom. The number of carbonyl (C=O) groups excluding carboxylic acids is 1. The molecule has 2 aromatic rings. The van der Waals surface area contributed by atoms with Crippen LogP contribution in [0, 0.1) is 11.8 Å². The number of hydrogen-bond donors (Lipinski definition) is 0. The van der Waals surface area contributed by atoms with E-state index in [9.17, 15) is 13.2 Å². The minimum absolute atomic E-state index is 0.212. The normalized spacial score (nSPS) is 11.4. The zero-order chi connectivity index (χ0) is 23.2. The van der Waals surface area contributed by atoms with Crippen LogP contribution in [0.3, 0.4) is 0 Å². The van der Waals surface area contributed by atoms with Gasteiger partial charge in [0.05, 0.1) is 10.5 Å². The van der Waals surface area contributed by atoms with Crippen LogP contribution in [0.5, 0.6) is 5.75 Å². The summed E-state index contributed by atoms with van der Waals surface area (Å²) in [6.07, 6.45) is 2.83. The molecule has 0 fully saturated rings. The van der Waals surface area contributed by atoms with Gasteiger partial charge in [-0.3, -0.25) is 0 Å². The summed E-state index contributed by atoms with van der Waals surface area (Å²) in [6.45, 7) is 7.12. The molecule has 5 nitrogen and oxygen atoms in total. The van der Waals surface area contributed by atoms with E-state index >= 15 is 0 Å². The molecule has 0 saturated heterocycles. The van der Waals surface area contributed by atoms with Crippen LogP contribution in [-0.4, -0.2) is 32.9 Å². The Hall–Kier alpha value is -2.49. The second kappa shape index (κ2) is 10.2. The predicted octanol–water partition coefficient (Wildman–Crippen LogP) is 4.82. The van der Waals surface area contributed by atoms with E-state index in [-0.39, 0.29) is 11.5 Å². The lowest BCUT2D eigenvalue weighted by Gasteiger charge is -2.19. The van der Waals surface area contributed by atoms with Crippen molar-refractivity contribution in [3.8, 4) is 17.6 Å². The maximum atomic E-state index is 12.0. The van der Waals surface area contributed by atoms with E-state index < -0.39 is 21.4 Å². The van der Waals surface area contributed by atoms with E-state index in [0.29, 0.717) is 21.9 Å². The lowest BCUT2D eigenvalue weighted by molar-refractivity contribution is -0.157. The Balaban J connectivity index is 2.38. The highest BCUT2D eigenvalue weighted by Crippen LogP contribution is 2.23. The molecule has 0 saturated carbocycles. The standard InChI is InChI=1S/C24H27ClO5S/c1-6-7-17-10-12-21(31(5,27)28)15-18(17)8-9-19-14-20(25)11-13-22(19)29-16-23(26)30-24(2,3)4/h10-15H,6-7,16H2,1-5H3. The average molecular weight is 463 g/mol. The van der Waals surface area contributed by atoms with Gasteiger partial charge in [0, 0.05) is 16.8 Å². The zero-order valence-corrected chi connectivity index (χ0v) is 20.0. The Kier molecular flexibility index (Phi) is 8.16. The van der Waals surface area contributed by atoms with Crippen LogP contribution in [0.25, 0.3) is 0 Å². The SMILES string of the molecule is CCCc1ccc(S(C)(=O)=O)cc1C#Cc1cc(Cl)ccc1OCC(=O)OC(C)(C)C. The molecule has 0 amide bonds. The Morgan fingerprint density at radius 2 is 1.74 bits per heavy atom. The first-order valence-corrected chi connectivity index (χ1v) is 12.1. The molecule has 0 aliphatic heterocycles. The van der Waals surface area contributed by atoms with Gasteiger partial charge in [0.25, 0.3) is 0 Å². The number of hydrogen-bond acceptors (Lipinski definition) is 5. The van der Waals surface area contributed by atoms with E-state index in [2.05, 4.69) is 11.8 Å². The van der Waals surface area contributed by atoms with E-state index in [1.807, 2.05) is 6.92 Å². The van der Waals surface area contributed by atoms with Crippen LogP contribution in [0.2, 0.25) is 5.02 Å². The predicted molar refractivity (Wildman–Crippen MR) is 122 cm³/mol. The number of benzene rings is 2. The molecule has 0 N–H and O–H groups in total. The molecular formula is C24H27ClO5S. The zero-order valence-electron chi connectivity index (χ0n) is 18.4. The number of ether oxygens (including phenoxy) is 2. The third kappa shape index (κ3) is 7.93. The molecule has 7 heteroatoms. The summed E-state index contributed by atoms with van der Waals surface area (Å²) >= 11 is 6.12. The summed E-state index contributed by atoms with van der Waals surface area (Å²) in [5.74, 6) is 5.96. The molecule has 0 unspecified atom stereocenters. The largest absolute Gasteiger partial charge is 0.481 e. The summed E-state index contributed by atoms with van der Waals surface area (Å²) in [7, 11) is -3.35. The van der Waals surface area contributed by atoms with Crippen molar-refractivity contribution < 1.29 is 22.7 Å². The van der Waals surface area contributed by atoms with Crippen molar-refractivity contribution in [3.05, 3.63) is 58.1 Å². The molecule has 0 aliphatic rings. The summed E-state index contributed by atoms with van der Waals surface area (Å²) < 4.78 is 34.8. The Morgan fingerprint density at radius 1 is 1.06 bits per heavy atom. The molecule has 0 radical (unpaired) electrons. The van der Waals surface area contributed by atoms with Crippen molar-refractivity contribution >= 4 is 27.4 Å². The fourth-order valence-corrected chi connectivity index (χ4v) is 3.58. The van der Waals surface area contributed by atoms with Gasteiger partial charge < -0.3 is 9.47 Å². The van der Waals surface area contributed by atoms with E-state index in [1.54, 1.807) is 57.2 Å². The van der Waals surface area contributed by atoms with Gasteiger partial charge >= 0.3 is 5.97 Å². The van der Waals surface area contributed by atoms with Crippen molar-refractivity contribution in [2.75, 3.05) is 12.9 Å². The van der Waals surface area contributed by atoms with Gasteiger partial charge in [-0.1, -0.05) is 42.9 Å². The molecule has 0 aliphatic carbocycles. The highest BCUT2D eigenvalue weighted by atomic mass is 35.5. The smallest absolute Gasteiger partial charge is 0.344 e. The number of aryl methyl sites for hydroxylation is 1. The Bertz CT molecular complexity index is 1120. The van der Waals surface area contributed by atoms with Crippen molar-refractivity contribution in [2.45, 2.75) is 51.0 Å². The van der Waals surface area contributed by atoms with E-state index in [4.69, 9.17) is 21.1 Å². The van der Waals surface area contributed by atoms with E-state index in [1.165, 1.54) is 6.26 Å². The topological polar surface area (TPSA) is 69.7 Å². The van der Waals surface area contributed by atoms with Crippen LogP contribution in [-0.2, 0) is 25.8 Å². The molecule has 0 bridgehead atoms. The van der Waals surface area contributed by atoms with Gasteiger partial charge in [0.2, 0.25) is 0 Å². The maximum Gasteiger partial charge on any atom is 0.344 e. The third-order valence-electron chi connectivity index (χ3n) is 4.07. The first-order valence-electron chi connectivity index (χ1n) is 9.88. The number of carbonyl (C=O) groups is 1. The molecule has 2 rings (SSSR count). The maximum absolute atomic E-state index is 12.0. The minimum Gasteiger partial charge on any atom is -0.481 e. The molecule has 166 valence electrons. The fourth-order valence-electron chi connectivity index (χ4n) is 2.76. The minimum atomic E-state index is -3.35. The first kappa shape index (κ1) is 24.8. The van der Waals surface area contributed by atoms with Gasteiger partial charge in [-0.25, -0.2) is 13.2 Å². The summed E-state index contributed by atoms with van der Waals surface area (Å²) in [4.78, 5) is 12.2. The average Bonchev–Trinajstić information content (AvgIpc) is 2.64. The quantitative estimate of drug-likeness (QED) is 0.455. The number of halogens is 1. The molecule has 0 spiro atoms. The molecule has 0 heterocycles. The van der Waals surface area contributed by atoms with Crippen LogP contribution in [0.4, 0.5) is 0 Å². The highest BCUT2D eigenvalue weighted by molar-refractivity contribution is 7.90. The second-order valence-electron chi connectivity index (χ2n) is 8.11. The molecule has 0 aromatic heterocycles. The molecule has 2 aromatic carbocycles. The van der Waals surface area contributed by atoms with Crippen molar-refractivity contribution in [2.24, 2.45) is 0 Å². The van der Waals surface area contributed by atoms with Crippen LogP contribution in [0.15, 0.2) is 41.3 Å². The summed E-state index contributed by atoms with van der Waals surface area (Å²) in [5.41, 5.74) is 1.47. The van der Waals surface area contributed by atoms with Crippen LogP contribution in [0.1, 0.15) is 50.8 Å². The van der Waals surface area contributed by atoms with Crippen molar-refractivity contribution in [1.29, 1.82) is 0 Å². The van der Waals surface area contributed by atoms with Gasteiger partial charge in [-0.15, -0.1) is 0 Å². The molecule has 31 heavy (non-hydrogen) atoms. The molecule has 0 atom stereocenters. The summed E-state index contributed by atoms with van der Waals surface area (Å²) in [5, 5.41) is 0.465. The highest BCUT2D eigenvalue weighted by Gasteiger charge is 2.17. The molecular weight excluding hydrogens is 436 g/mol. The monoisotopic (exact) mass is 462 g/mol. The van der Waals surface area contributed by atoms with Gasteiger partial charge in [0.15, 0.2) is 16.4 Å². The van der Waals surface area contributed by atoms with Crippen LogP contribution >= 0.6 is 11.6 Å². The lowest BCUT2D eigenvalue weighted by Crippen LogP contribution is -2.27. The summed E-state index contributed by atoms with van der Waals surface area (Å²) in [6, 6.07) is 9.89. The van der Waals surface area contributed by atoms with Gasteiger partial charge in [0.1, 0.15) is 11.4 Å². The van der Waals surface area contributed by atoms with E-state index in [0.717, 1.165) is 18.4 Å². The third-order valence-corrected chi connectivity index (χ3v) is 5.41. The van der Waals surface area contributed by atoms with Gasteiger partial charge in [-0.2, -0.15) is 0 Å². The number of esters is 1. The van der Waals surface area contributed by atoms with Crippen molar-refractivity contribution in [1.82, 2.24) is 0 Å².